The normalized spacial score (nSPS) is 22.3. The van der Waals surface area contributed by atoms with Crippen molar-refractivity contribution in [3.63, 3.8) is 0 Å². The summed E-state index contributed by atoms with van der Waals surface area (Å²) in [4.78, 5) is 13.9. The second kappa shape index (κ2) is 6.46. The number of nitrogens with zero attached hydrogens (tertiary/aromatic N) is 1. The van der Waals surface area contributed by atoms with Gasteiger partial charge in [-0.1, -0.05) is 19.9 Å². The fraction of sp³-hybridized carbons (Fsp3) is 0.533. The monoisotopic (exact) mass is 316 g/mol. The zero-order valence-corrected chi connectivity index (χ0v) is 12.5. The molecule has 1 aliphatic rings. The summed E-state index contributed by atoms with van der Waals surface area (Å²) >= 11 is 0. The van der Waals surface area contributed by atoms with Crippen LogP contribution in [0.15, 0.2) is 24.3 Å². The number of piperidine rings is 1. The molecule has 2 rings (SSSR count). The Kier molecular flexibility index (Phi) is 4.83. The molecule has 2 unspecified atom stereocenters. The molecule has 0 bridgehead atoms. The quantitative estimate of drug-likeness (QED) is 0.892. The van der Waals surface area contributed by atoms with Gasteiger partial charge in [-0.25, -0.2) is 4.79 Å². The Balaban J connectivity index is 2.01. The van der Waals surface area contributed by atoms with Crippen molar-refractivity contribution in [2.75, 3.05) is 18.4 Å². The van der Waals surface area contributed by atoms with E-state index in [0.29, 0.717) is 24.9 Å². The summed E-state index contributed by atoms with van der Waals surface area (Å²) in [5.41, 5.74) is 0.276. The molecule has 1 N–H and O–H groups in total. The number of carbonyl (C=O) groups excluding carboxylic acids is 1. The van der Waals surface area contributed by atoms with Gasteiger partial charge in [0.2, 0.25) is 0 Å². The predicted molar refractivity (Wildman–Crippen MR) is 76.7 cm³/mol. The number of likely N-dealkylation sites (tertiary alicyclic amines) is 1. The molecule has 7 heteroatoms. The highest BCUT2D eigenvalue weighted by atomic mass is 19.4. The van der Waals surface area contributed by atoms with Crippen LogP contribution in [0.4, 0.5) is 23.7 Å². The van der Waals surface area contributed by atoms with Crippen molar-refractivity contribution >= 4 is 11.7 Å². The summed E-state index contributed by atoms with van der Waals surface area (Å²) in [6, 6.07) is 4.97. The van der Waals surface area contributed by atoms with E-state index in [0.717, 1.165) is 12.5 Å². The molecule has 0 aliphatic carbocycles. The number of rotatable bonds is 2. The number of ether oxygens (including phenoxy) is 1. The van der Waals surface area contributed by atoms with Crippen LogP contribution in [-0.4, -0.2) is 30.4 Å². The molecule has 4 nitrogen and oxygen atoms in total. The molecule has 122 valence electrons. The van der Waals surface area contributed by atoms with Gasteiger partial charge in [-0.2, -0.15) is 0 Å². The summed E-state index contributed by atoms with van der Waals surface area (Å²) in [6.07, 6.45) is -3.68. The van der Waals surface area contributed by atoms with Gasteiger partial charge in [0.25, 0.3) is 0 Å². The van der Waals surface area contributed by atoms with Gasteiger partial charge < -0.3 is 15.0 Å². The topological polar surface area (TPSA) is 41.6 Å². The maximum Gasteiger partial charge on any atom is 0.573 e. The summed E-state index contributed by atoms with van der Waals surface area (Å²) < 4.78 is 40.4. The van der Waals surface area contributed by atoms with E-state index in [1.54, 1.807) is 4.90 Å². The van der Waals surface area contributed by atoms with E-state index >= 15 is 0 Å². The highest BCUT2D eigenvalue weighted by Gasteiger charge is 2.31. The molecular formula is C15H19F3N2O2. The summed E-state index contributed by atoms with van der Waals surface area (Å²) in [5, 5.41) is 2.62. The first-order chi connectivity index (χ1) is 10.2. The summed E-state index contributed by atoms with van der Waals surface area (Å²) in [7, 11) is 0. The van der Waals surface area contributed by atoms with Crippen LogP contribution >= 0.6 is 0 Å². The highest BCUT2D eigenvalue weighted by molar-refractivity contribution is 5.89. The lowest BCUT2D eigenvalue weighted by Gasteiger charge is -2.34. The number of amides is 2. The zero-order chi connectivity index (χ0) is 16.3. The van der Waals surface area contributed by atoms with Crippen LogP contribution in [0, 0.1) is 11.8 Å². The van der Waals surface area contributed by atoms with Crippen LogP contribution in [0.3, 0.4) is 0 Å². The molecular weight excluding hydrogens is 297 g/mol. The predicted octanol–water partition coefficient (Wildman–Crippen LogP) is 4.10. The SMILES string of the molecule is CC1CC(C)CN(C(=O)Nc2cccc(OC(F)(F)F)c2)C1. The number of hydrogen-bond acceptors (Lipinski definition) is 2. The lowest BCUT2D eigenvalue weighted by atomic mass is 9.92. The van der Waals surface area contributed by atoms with Crippen LogP contribution < -0.4 is 10.1 Å². The smallest absolute Gasteiger partial charge is 0.406 e. The van der Waals surface area contributed by atoms with Crippen molar-refractivity contribution in [3.05, 3.63) is 24.3 Å². The molecule has 0 saturated carbocycles. The lowest BCUT2D eigenvalue weighted by Crippen LogP contribution is -2.44. The first-order valence-electron chi connectivity index (χ1n) is 7.14. The second-order valence-electron chi connectivity index (χ2n) is 5.86. The number of anilines is 1. The van der Waals surface area contributed by atoms with Gasteiger partial charge in [-0.15, -0.1) is 13.2 Å². The molecule has 0 spiro atoms. The van der Waals surface area contributed by atoms with Crippen molar-refractivity contribution in [1.82, 2.24) is 4.90 Å². The van der Waals surface area contributed by atoms with Crippen LogP contribution in [-0.2, 0) is 0 Å². The number of halogens is 3. The molecule has 2 amide bonds. The Bertz CT molecular complexity index is 524. The first-order valence-corrected chi connectivity index (χ1v) is 7.14. The molecule has 1 aliphatic heterocycles. The van der Waals surface area contributed by atoms with Gasteiger partial charge in [0, 0.05) is 24.8 Å². The van der Waals surface area contributed by atoms with Crippen molar-refractivity contribution in [2.45, 2.75) is 26.6 Å². The van der Waals surface area contributed by atoms with Gasteiger partial charge in [0.15, 0.2) is 0 Å². The number of alkyl halides is 3. The maximum atomic E-state index is 12.2. The van der Waals surface area contributed by atoms with E-state index in [4.69, 9.17) is 0 Å². The van der Waals surface area contributed by atoms with Gasteiger partial charge in [0.1, 0.15) is 5.75 Å². The third kappa shape index (κ3) is 4.82. The van der Waals surface area contributed by atoms with E-state index < -0.39 is 6.36 Å². The number of nitrogens with one attached hydrogen (secondary N) is 1. The molecule has 1 aromatic carbocycles. The van der Waals surface area contributed by atoms with Gasteiger partial charge in [-0.3, -0.25) is 0 Å². The van der Waals surface area contributed by atoms with E-state index in [9.17, 15) is 18.0 Å². The average Bonchev–Trinajstić information content (AvgIpc) is 2.35. The van der Waals surface area contributed by atoms with Crippen LogP contribution in [0.2, 0.25) is 0 Å². The molecule has 1 aromatic rings. The minimum absolute atomic E-state index is 0.276. The third-order valence-electron chi connectivity index (χ3n) is 3.47. The van der Waals surface area contributed by atoms with Crippen molar-refractivity contribution in [3.8, 4) is 5.75 Å². The second-order valence-corrected chi connectivity index (χ2v) is 5.86. The molecule has 1 heterocycles. The maximum absolute atomic E-state index is 12.2. The third-order valence-corrected chi connectivity index (χ3v) is 3.47. The molecule has 1 saturated heterocycles. The van der Waals surface area contributed by atoms with Crippen LogP contribution in [0.1, 0.15) is 20.3 Å². The van der Waals surface area contributed by atoms with Crippen molar-refractivity contribution in [2.24, 2.45) is 11.8 Å². The Morgan fingerprint density at radius 2 is 1.91 bits per heavy atom. The van der Waals surface area contributed by atoms with E-state index in [1.807, 2.05) is 0 Å². The molecule has 0 radical (unpaired) electrons. The van der Waals surface area contributed by atoms with E-state index in [2.05, 4.69) is 23.9 Å². The number of benzene rings is 1. The van der Waals surface area contributed by atoms with E-state index in [1.165, 1.54) is 18.2 Å². The van der Waals surface area contributed by atoms with Gasteiger partial charge in [-0.05, 0) is 30.4 Å². The van der Waals surface area contributed by atoms with Crippen molar-refractivity contribution < 1.29 is 22.7 Å². The first kappa shape index (κ1) is 16.5. The summed E-state index contributed by atoms with van der Waals surface area (Å²) in [6.45, 7) is 5.45. The lowest BCUT2D eigenvalue weighted by molar-refractivity contribution is -0.274. The largest absolute Gasteiger partial charge is 0.573 e. The molecule has 22 heavy (non-hydrogen) atoms. The summed E-state index contributed by atoms with van der Waals surface area (Å²) in [5.74, 6) is 0.467. The van der Waals surface area contributed by atoms with Crippen LogP contribution in [0.5, 0.6) is 5.75 Å². The standard InChI is InChI=1S/C15H19F3N2O2/c1-10-6-11(2)9-20(8-10)14(21)19-12-4-3-5-13(7-12)22-15(16,17)18/h3-5,7,10-11H,6,8-9H2,1-2H3,(H,19,21). The number of hydrogen-bond donors (Lipinski definition) is 1. The number of urea groups is 1. The van der Waals surface area contributed by atoms with Crippen molar-refractivity contribution in [1.29, 1.82) is 0 Å². The van der Waals surface area contributed by atoms with Gasteiger partial charge in [0.05, 0.1) is 0 Å². The number of carbonyl (C=O) groups is 1. The fourth-order valence-electron chi connectivity index (χ4n) is 2.80. The minimum Gasteiger partial charge on any atom is -0.406 e. The highest BCUT2D eigenvalue weighted by Crippen LogP contribution is 2.26. The Hall–Kier alpha value is -1.92. The Labute approximate surface area is 127 Å². The minimum atomic E-state index is -4.75. The molecule has 2 atom stereocenters. The molecule has 0 aromatic heterocycles. The zero-order valence-electron chi connectivity index (χ0n) is 12.5. The van der Waals surface area contributed by atoms with E-state index in [-0.39, 0.29) is 17.5 Å². The fourth-order valence-corrected chi connectivity index (χ4v) is 2.80. The Morgan fingerprint density at radius 3 is 2.50 bits per heavy atom. The van der Waals surface area contributed by atoms with Crippen LogP contribution in [0.25, 0.3) is 0 Å². The Morgan fingerprint density at radius 1 is 1.27 bits per heavy atom. The van der Waals surface area contributed by atoms with Gasteiger partial charge >= 0.3 is 12.4 Å². The average molecular weight is 316 g/mol. The molecule has 1 fully saturated rings.